The van der Waals surface area contributed by atoms with Crippen LogP contribution in [0, 0.1) is 5.41 Å². The van der Waals surface area contributed by atoms with E-state index in [0.29, 0.717) is 43.5 Å². The number of alkyl halides is 2. The molecule has 1 aromatic rings. The number of anilines is 1. The highest BCUT2D eigenvalue weighted by Crippen LogP contribution is 2.45. The van der Waals surface area contributed by atoms with Gasteiger partial charge in [0, 0.05) is 25.1 Å². The minimum Gasteiger partial charge on any atom is -0.336 e. The number of carbonyl (C=O) groups is 2. The molecule has 1 saturated heterocycles. The predicted octanol–water partition coefficient (Wildman–Crippen LogP) is 2.68. The summed E-state index contributed by atoms with van der Waals surface area (Å²) in [5.74, 6) is 0.251. The zero-order valence-corrected chi connectivity index (χ0v) is 12.7. The van der Waals surface area contributed by atoms with Gasteiger partial charge in [-0.25, -0.2) is 0 Å². The Morgan fingerprint density at radius 3 is 2.26 bits per heavy atom. The van der Waals surface area contributed by atoms with Crippen LogP contribution in [0.5, 0.6) is 0 Å². The molecule has 0 radical (unpaired) electrons. The van der Waals surface area contributed by atoms with Gasteiger partial charge in [0.1, 0.15) is 5.78 Å². The zero-order chi connectivity index (χ0) is 16.7. The minimum absolute atomic E-state index is 0.0326. The molecule has 1 N–H and O–H groups in total. The van der Waals surface area contributed by atoms with E-state index in [-0.39, 0.29) is 11.7 Å². The lowest BCUT2D eigenvalue weighted by Crippen LogP contribution is -2.37. The van der Waals surface area contributed by atoms with E-state index < -0.39 is 17.9 Å². The Hall–Kier alpha value is -1.82. The molecular weight excluding hydrogens is 304 g/mol. The molecule has 23 heavy (non-hydrogen) atoms. The average Bonchev–Trinajstić information content (AvgIpc) is 2.79. The maximum Gasteiger partial charge on any atom is 0.357 e. The number of hydrogen-bond donors (Lipinski definition) is 1. The van der Waals surface area contributed by atoms with Gasteiger partial charge in [-0.05, 0) is 37.0 Å². The van der Waals surface area contributed by atoms with Crippen LogP contribution in [0.15, 0.2) is 24.3 Å². The van der Waals surface area contributed by atoms with Crippen LogP contribution in [0.1, 0.15) is 37.7 Å². The van der Waals surface area contributed by atoms with Crippen LogP contribution in [0.2, 0.25) is 0 Å². The summed E-state index contributed by atoms with van der Waals surface area (Å²) < 4.78 is 25.2. The molecule has 3 rings (SSSR count). The molecule has 0 unspecified atom stereocenters. The molecule has 0 aromatic heterocycles. The molecule has 2 aliphatic rings. The van der Waals surface area contributed by atoms with E-state index >= 15 is 0 Å². The number of ketones is 1. The fourth-order valence-electron chi connectivity index (χ4n) is 3.58. The topological polar surface area (TPSA) is 57.6 Å². The second kappa shape index (κ2) is 5.67. The average molecular weight is 323 g/mol. The number of Topliss-reactive ketones (excluding diaryl/α,β-unsaturated/α-hetero) is 1. The summed E-state index contributed by atoms with van der Waals surface area (Å²) in [7, 11) is 0. The molecule has 1 aliphatic heterocycles. The lowest BCUT2D eigenvalue weighted by Gasteiger charge is -2.31. The van der Waals surface area contributed by atoms with Crippen LogP contribution >= 0.6 is 0 Å². The quantitative estimate of drug-likeness (QED) is 0.930. The third-order valence-corrected chi connectivity index (χ3v) is 4.94. The van der Waals surface area contributed by atoms with E-state index in [4.69, 9.17) is 5.11 Å². The first-order chi connectivity index (χ1) is 10.8. The Balaban J connectivity index is 1.73. The van der Waals surface area contributed by atoms with Crippen LogP contribution in [0.25, 0.3) is 0 Å². The van der Waals surface area contributed by atoms with Crippen molar-refractivity contribution in [2.24, 2.45) is 5.41 Å². The standard InChI is InChI=1S/C17H19F2NO3/c18-17(19,23)11-12-1-3-13(4-2-12)20-10-9-16(15(20)22)7-5-14(21)6-8-16/h1-4,23H,5-11H2. The highest BCUT2D eigenvalue weighted by Gasteiger charge is 2.48. The molecule has 6 heteroatoms. The van der Waals surface area contributed by atoms with Gasteiger partial charge in [-0.2, -0.15) is 8.78 Å². The Labute approximate surface area is 133 Å². The Kier molecular flexibility index (Phi) is 3.96. The van der Waals surface area contributed by atoms with Crippen LogP contribution in [-0.2, 0) is 16.0 Å². The van der Waals surface area contributed by atoms with Crippen molar-refractivity contribution in [2.45, 2.75) is 44.6 Å². The predicted molar refractivity (Wildman–Crippen MR) is 80.2 cm³/mol. The largest absolute Gasteiger partial charge is 0.357 e. The van der Waals surface area contributed by atoms with Crippen LogP contribution in [0.3, 0.4) is 0 Å². The van der Waals surface area contributed by atoms with Crippen LogP contribution < -0.4 is 4.90 Å². The first kappa shape index (κ1) is 16.1. The second-order valence-corrected chi connectivity index (χ2v) is 6.53. The summed E-state index contributed by atoms with van der Waals surface area (Å²) in [5.41, 5.74) is 0.560. The van der Waals surface area contributed by atoms with E-state index in [1.807, 2.05) is 0 Å². The van der Waals surface area contributed by atoms with Crippen LogP contribution in [-0.4, -0.2) is 29.5 Å². The number of rotatable bonds is 3. The van der Waals surface area contributed by atoms with E-state index in [0.717, 1.165) is 6.42 Å². The van der Waals surface area contributed by atoms with Crippen molar-refractivity contribution in [3.63, 3.8) is 0 Å². The van der Waals surface area contributed by atoms with Gasteiger partial charge >= 0.3 is 6.11 Å². The zero-order valence-electron chi connectivity index (χ0n) is 12.7. The lowest BCUT2D eigenvalue weighted by molar-refractivity contribution is -0.196. The van der Waals surface area contributed by atoms with Crippen molar-refractivity contribution < 1.29 is 23.5 Å². The second-order valence-electron chi connectivity index (χ2n) is 6.53. The Morgan fingerprint density at radius 2 is 1.70 bits per heavy atom. The SMILES string of the molecule is O=C1CCC2(CC1)CCN(c1ccc(CC(O)(F)F)cc1)C2=O. The van der Waals surface area contributed by atoms with Crippen molar-refractivity contribution in [1.82, 2.24) is 0 Å². The van der Waals surface area contributed by atoms with Crippen molar-refractivity contribution in [1.29, 1.82) is 0 Å². The molecule has 1 aromatic carbocycles. The van der Waals surface area contributed by atoms with Gasteiger partial charge in [0.25, 0.3) is 0 Å². The first-order valence-corrected chi connectivity index (χ1v) is 7.82. The van der Waals surface area contributed by atoms with Gasteiger partial charge in [-0.3, -0.25) is 9.59 Å². The first-order valence-electron chi connectivity index (χ1n) is 7.82. The highest BCUT2D eigenvalue weighted by atomic mass is 19.3. The van der Waals surface area contributed by atoms with E-state index in [9.17, 15) is 18.4 Å². The maximum atomic E-state index is 12.8. The molecule has 1 aliphatic carbocycles. The van der Waals surface area contributed by atoms with Crippen molar-refractivity contribution in [3.8, 4) is 0 Å². The Morgan fingerprint density at radius 1 is 1.09 bits per heavy atom. The molecule has 1 saturated carbocycles. The summed E-state index contributed by atoms with van der Waals surface area (Å²) in [6.07, 6.45) is -1.60. The van der Waals surface area contributed by atoms with Gasteiger partial charge < -0.3 is 10.0 Å². The molecule has 2 fully saturated rings. The molecular formula is C17H19F2NO3. The molecule has 0 atom stereocenters. The third kappa shape index (κ3) is 3.27. The number of aliphatic hydroxyl groups is 1. The monoisotopic (exact) mass is 323 g/mol. The summed E-state index contributed by atoms with van der Waals surface area (Å²) in [5, 5.41) is 8.56. The fraction of sp³-hybridized carbons (Fsp3) is 0.529. The van der Waals surface area contributed by atoms with E-state index in [2.05, 4.69) is 0 Å². The smallest absolute Gasteiger partial charge is 0.336 e. The normalized spacial score (nSPS) is 21.3. The van der Waals surface area contributed by atoms with Gasteiger partial charge in [-0.1, -0.05) is 12.1 Å². The number of halogens is 2. The summed E-state index contributed by atoms with van der Waals surface area (Å²) >= 11 is 0. The maximum absolute atomic E-state index is 12.8. The van der Waals surface area contributed by atoms with Crippen molar-refractivity contribution in [2.75, 3.05) is 11.4 Å². The molecule has 1 amide bonds. The van der Waals surface area contributed by atoms with Gasteiger partial charge in [0.05, 0.1) is 11.8 Å². The number of hydrogen-bond acceptors (Lipinski definition) is 3. The number of amides is 1. The van der Waals surface area contributed by atoms with E-state index in [1.54, 1.807) is 17.0 Å². The van der Waals surface area contributed by atoms with Gasteiger partial charge in [0.2, 0.25) is 5.91 Å². The molecule has 124 valence electrons. The summed E-state index contributed by atoms with van der Waals surface area (Å²) in [4.78, 5) is 25.8. The Bertz CT molecular complexity index is 612. The van der Waals surface area contributed by atoms with Gasteiger partial charge in [-0.15, -0.1) is 0 Å². The summed E-state index contributed by atoms with van der Waals surface area (Å²) in [6.45, 7) is 0.586. The molecule has 1 spiro atoms. The summed E-state index contributed by atoms with van der Waals surface area (Å²) in [6, 6.07) is 6.27. The highest BCUT2D eigenvalue weighted by molar-refractivity contribution is 6.01. The van der Waals surface area contributed by atoms with Crippen LogP contribution in [0.4, 0.5) is 14.5 Å². The number of carbonyl (C=O) groups excluding carboxylic acids is 2. The van der Waals surface area contributed by atoms with Crippen molar-refractivity contribution >= 4 is 17.4 Å². The van der Waals surface area contributed by atoms with Gasteiger partial charge in [0.15, 0.2) is 0 Å². The molecule has 4 nitrogen and oxygen atoms in total. The number of nitrogens with zero attached hydrogens (tertiary/aromatic N) is 1. The molecule has 0 bridgehead atoms. The molecule has 1 heterocycles. The number of benzene rings is 1. The minimum atomic E-state index is -3.73. The lowest BCUT2D eigenvalue weighted by atomic mass is 9.72. The third-order valence-electron chi connectivity index (χ3n) is 4.94. The van der Waals surface area contributed by atoms with Crippen molar-refractivity contribution in [3.05, 3.63) is 29.8 Å². The van der Waals surface area contributed by atoms with E-state index in [1.165, 1.54) is 12.1 Å². The fourth-order valence-corrected chi connectivity index (χ4v) is 3.58.